The van der Waals surface area contributed by atoms with E-state index in [2.05, 4.69) is 10.6 Å². The van der Waals surface area contributed by atoms with Gasteiger partial charge in [-0.1, -0.05) is 12.1 Å². The Hall–Kier alpha value is -2.08. The molecule has 1 aliphatic heterocycles. The topological polar surface area (TPSA) is 81.7 Å². The van der Waals surface area contributed by atoms with Crippen LogP contribution in [0.4, 0.5) is 10.5 Å². The highest BCUT2D eigenvalue weighted by Gasteiger charge is 2.26. The fraction of sp³-hybridized carbons (Fsp3) is 0.467. The molecule has 0 aromatic heterocycles. The molecular formula is C15H21N3O3. The highest BCUT2D eigenvalue weighted by atomic mass is 16.3. The third kappa shape index (κ3) is 4.19. The molecule has 3 N–H and O–H groups in total. The standard InChI is InChI=1S/C15H21N3O3/c1-10(19)12-3-5-13(6-4-12)17-15(21)18-8-7-14(9-18)16-11(2)20/h3-6,10,14,19H,7-9H2,1-2H3,(H,16,20)(H,17,21). The molecule has 0 spiro atoms. The van der Waals surface area contributed by atoms with E-state index < -0.39 is 6.10 Å². The Labute approximate surface area is 124 Å². The van der Waals surface area contributed by atoms with Crippen LogP contribution in [0.25, 0.3) is 0 Å². The molecule has 0 radical (unpaired) electrons. The number of anilines is 1. The first-order valence-electron chi connectivity index (χ1n) is 7.07. The lowest BCUT2D eigenvalue weighted by Crippen LogP contribution is -2.38. The fourth-order valence-electron chi connectivity index (χ4n) is 2.40. The van der Waals surface area contributed by atoms with Gasteiger partial charge in [-0.2, -0.15) is 0 Å². The van der Waals surface area contributed by atoms with Gasteiger partial charge in [0.25, 0.3) is 0 Å². The Morgan fingerprint density at radius 1 is 1.33 bits per heavy atom. The van der Waals surface area contributed by atoms with Gasteiger partial charge in [0.15, 0.2) is 0 Å². The molecule has 1 heterocycles. The van der Waals surface area contributed by atoms with Crippen LogP contribution in [0.2, 0.25) is 0 Å². The molecular weight excluding hydrogens is 270 g/mol. The number of aliphatic hydroxyl groups is 1. The molecule has 2 rings (SSSR count). The van der Waals surface area contributed by atoms with Crippen molar-refractivity contribution in [1.82, 2.24) is 10.2 Å². The summed E-state index contributed by atoms with van der Waals surface area (Å²) in [7, 11) is 0. The van der Waals surface area contributed by atoms with Crippen molar-refractivity contribution in [2.75, 3.05) is 18.4 Å². The van der Waals surface area contributed by atoms with Crippen molar-refractivity contribution >= 4 is 17.6 Å². The lowest BCUT2D eigenvalue weighted by Gasteiger charge is -2.18. The molecule has 1 aliphatic rings. The van der Waals surface area contributed by atoms with E-state index in [0.717, 1.165) is 12.0 Å². The van der Waals surface area contributed by atoms with Crippen molar-refractivity contribution in [3.8, 4) is 0 Å². The lowest BCUT2D eigenvalue weighted by molar-refractivity contribution is -0.119. The van der Waals surface area contributed by atoms with Gasteiger partial charge in [0, 0.05) is 31.7 Å². The number of nitrogens with one attached hydrogen (secondary N) is 2. The fourth-order valence-corrected chi connectivity index (χ4v) is 2.40. The predicted molar refractivity (Wildman–Crippen MR) is 79.9 cm³/mol. The van der Waals surface area contributed by atoms with Crippen LogP contribution in [0, 0.1) is 0 Å². The zero-order valence-electron chi connectivity index (χ0n) is 12.3. The van der Waals surface area contributed by atoms with Gasteiger partial charge in [0.1, 0.15) is 0 Å². The van der Waals surface area contributed by atoms with Gasteiger partial charge in [0.05, 0.1) is 6.10 Å². The number of benzene rings is 1. The van der Waals surface area contributed by atoms with Crippen LogP contribution in [-0.2, 0) is 4.79 Å². The minimum absolute atomic E-state index is 0.0332. The van der Waals surface area contributed by atoms with E-state index in [0.29, 0.717) is 18.8 Å². The first kappa shape index (κ1) is 15.3. The molecule has 1 saturated heterocycles. The SMILES string of the molecule is CC(=O)NC1CCN(C(=O)Nc2ccc(C(C)O)cc2)C1. The number of hydrogen-bond donors (Lipinski definition) is 3. The number of hydrogen-bond acceptors (Lipinski definition) is 3. The molecule has 6 nitrogen and oxygen atoms in total. The molecule has 1 fully saturated rings. The molecule has 1 aromatic rings. The highest BCUT2D eigenvalue weighted by molar-refractivity contribution is 5.89. The van der Waals surface area contributed by atoms with E-state index >= 15 is 0 Å². The normalized spacial score (nSPS) is 19.2. The third-order valence-corrected chi connectivity index (χ3v) is 3.53. The Morgan fingerprint density at radius 2 is 2.00 bits per heavy atom. The molecule has 2 atom stereocenters. The molecule has 1 aromatic carbocycles. The number of aliphatic hydroxyl groups excluding tert-OH is 1. The van der Waals surface area contributed by atoms with E-state index in [1.54, 1.807) is 36.1 Å². The van der Waals surface area contributed by atoms with Gasteiger partial charge in [-0.3, -0.25) is 4.79 Å². The van der Waals surface area contributed by atoms with Crippen LogP contribution < -0.4 is 10.6 Å². The summed E-state index contributed by atoms with van der Waals surface area (Å²) in [5.74, 6) is -0.0732. The predicted octanol–water partition coefficient (Wildman–Crippen LogP) is 1.48. The van der Waals surface area contributed by atoms with Crippen molar-refractivity contribution in [2.24, 2.45) is 0 Å². The second-order valence-electron chi connectivity index (χ2n) is 5.36. The Balaban J connectivity index is 1.88. The van der Waals surface area contributed by atoms with Crippen molar-refractivity contribution in [2.45, 2.75) is 32.4 Å². The van der Waals surface area contributed by atoms with E-state index in [4.69, 9.17) is 0 Å². The van der Waals surface area contributed by atoms with Gasteiger partial charge in [-0.15, -0.1) is 0 Å². The molecule has 3 amide bonds. The summed E-state index contributed by atoms with van der Waals surface area (Å²) in [5.41, 5.74) is 1.49. The number of rotatable bonds is 3. The van der Waals surface area contributed by atoms with Crippen LogP contribution in [0.15, 0.2) is 24.3 Å². The molecule has 114 valence electrons. The average Bonchev–Trinajstić information content (AvgIpc) is 2.87. The van der Waals surface area contributed by atoms with Crippen molar-refractivity contribution < 1.29 is 14.7 Å². The summed E-state index contributed by atoms with van der Waals surface area (Å²) in [4.78, 5) is 24.8. The van der Waals surface area contributed by atoms with Crippen LogP contribution >= 0.6 is 0 Å². The Bertz CT molecular complexity index is 513. The second-order valence-corrected chi connectivity index (χ2v) is 5.36. The van der Waals surface area contributed by atoms with Gasteiger partial charge < -0.3 is 20.6 Å². The molecule has 0 aliphatic carbocycles. The van der Waals surface area contributed by atoms with E-state index in [-0.39, 0.29) is 18.0 Å². The summed E-state index contributed by atoms with van der Waals surface area (Å²) < 4.78 is 0. The maximum Gasteiger partial charge on any atom is 0.321 e. The molecule has 21 heavy (non-hydrogen) atoms. The first-order chi connectivity index (χ1) is 9.95. The molecule has 0 saturated carbocycles. The van der Waals surface area contributed by atoms with Crippen LogP contribution in [0.3, 0.4) is 0 Å². The quantitative estimate of drug-likeness (QED) is 0.789. The summed E-state index contributed by atoms with van der Waals surface area (Å²) in [6.07, 6.45) is 0.250. The summed E-state index contributed by atoms with van der Waals surface area (Å²) in [6.45, 7) is 4.33. The minimum atomic E-state index is -0.522. The molecule has 0 bridgehead atoms. The summed E-state index contributed by atoms with van der Waals surface area (Å²) in [5, 5.41) is 15.1. The zero-order chi connectivity index (χ0) is 15.4. The molecule has 6 heteroatoms. The third-order valence-electron chi connectivity index (χ3n) is 3.53. The van der Waals surface area contributed by atoms with E-state index in [1.165, 1.54) is 6.92 Å². The second kappa shape index (κ2) is 6.58. The van der Waals surface area contributed by atoms with Crippen LogP contribution in [0.5, 0.6) is 0 Å². The number of carbonyl (C=O) groups excluding carboxylic acids is 2. The largest absolute Gasteiger partial charge is 0.389 e. The lowest BCUT2D eigenvalue weighted by atomic mass is 10.1. The van der Waals surface area contributed by atoms with Gasteiger partial charge in [-0.05, 0) is 31.0 Å². The smallest absolute Gasteiger partial charge is 0.321 e. The number of carbonyl (C=O) groups is 2. The Morgan fingerprint density at radius 3 is 2.57 bits per heavy atom. The number of nitrogens with zero attached hydrogens (tertiary/aromatic N) is 1. The average molecular weight is 291 g/mol. The van der Waals surface area contributed by atoms with Gasteiger partial charge >= 0.3 is 6.03 Å². The highest BCUT2D eigenvalue weighted by Crippen LogP contribution is 2.17. The van der Waals surface area contributed by atoms with Gasteiger partial charge in [0.2, 0.25) is 5.91 Å². The first-order valence-corrected chi connectivity index (χ1v) is 7.07. The maximum atomic E-state index is 12.1. The molecule has 2 unspecified atom stereocenters. The number of amides is 3. The van der Waals surface area contributed by atoms with E-state index in [9.17, 15) is 14.7 Å². The van der Waals surface area contributed by atoms with Crippen molar-refractivity contribution in [3.63, 3.8) is 0 Å². The number of likely N-dealkylation sites (tertiary alicyclic amines) is 1. The maximum absolute atomic E-state index is 12.1. The monoisotopic (exact) mass is 291 g/mol. The summed E-state index contributed by atoms with van der Waals surface area (Å²) in [6, 6.07) is 6.95. The number of urea groups is 1. The van der Waals surface area contributed by atoms with Crippen molar-refractivity contribution in [3.05, 3.63) is 29.8 Å². The van der Waals surface area contributed by atoms with Crippen LogP contribution in [0.1, 0.15) is 31.9 Å². The van der Waals surface area contributed by atoms with Crippen molar-refractivity contribution in [1.29, 1.82) is 0 Å². The van der Waals surface area contributed by atoms with Crippen LogP contribution in [-0.4, -0.2) is 41.1 Å². The van der Waals surface area contributed by atoms with E-state index in [1.807, 2.05) is 0 Å². The minimum Gasteiger partial charge on any atom is -0.389 e. The Kier molecular flexibility index (Phi) is 4.80. The zero-order valence-corrected chi connectivity index (χ0v) is 12.3. The summed E-state index contributed by atoms with van der Waals surface area (Å²) >= 11 is 0. The van der Waals surface area contributed by atoms with Gasteiger partial charge in [-0.25, -0.2) is 4.79 Å².